The maximum absolute atomic E-state index is 12.1. The lowest BCUT2D eigenvalue weighted by Gasteiger charge is -2.22. The molecule has 1 aromatic heterocycles. The third kappa shape index (κ3) is 2.61. The predicted octanol–water partition coefficient (Wildman–Crippen LogP) is -0.906. The van der Waals surface area contributed by atoms with Gasteiger partial charge in [0.15, 0.2) is 5.82 Å². The normalized spacial score (nSPS) is 13.1. The fourth-order valence-corrected chi connectivity index (χ4v) is 2.26. The number of ether oxygens (including phenoxy) is 1. The van der Waals surface area contributed by atoms with Gasteiger partial charge in [-0.2, -0.15) is 5.10 Å². The van der Waals surface area contributed by atoms with E-state index in [1.807, 2.05) is 0 Å². The molecule has 10 heteroatoms. The molecule has 0 saturated heterocycles. The Hall–Kier alpha value is -2.94. The molecule has 9 nitrogen and oxygen atoms in total. The molecule has 0 atom stereocenters. The van der Waals surface area contributed by atoms with E-state index < -0.39 is 5.97 Å². The summed E-state index contributed by atoms with van der Waals surface area (Å²) in [6.45, 7) is 1.91. The van der Waals surface area contributed by atoms with Crippen LogP contribution in [0, 0.1) is 5.21 Å². The summed E-state index contributed by atoms with van der Waals surface area (Å²) in [5.74, 6) is -0.544. The zero-order valence-electron chi connectivity index (χ0n) is 12.1. The number of benzene rings is 1. The monoisotopic (exact) mass is 336 g/mol. The quantitative estimate of drug-likeness (QED) is 0.424. The molecule has 0 unspecified atom stereocenters. The molecule has 3 rings (SSSR count). The summed E-state index contributed by atoms with van der Waals surface area (Å²) in [5, 5.41) is 18.7. The molecule has 2 heterocycles. The molecule has 1 aromatic carbocycles. The number of aromatic nitrogens is 2. The first-order chi connectivity index (χ1) is 11.0. The Morgan fingerprint density at radius 1 is 1.57 bits per heavy atom. The van der Waals surface area contributed by atoms with Crippen LogP contribution in [-0.2, 0) is 4.74 Å². The zero-order chi connectivity index (χ0) is 16.6. The van der Waals surface area contributed by atoms with Crippen LogP contribution in [0.5, 0.6) is 0 Å². The Morgan fingerprint density at radius 3 is 3.09 bits per heavy atom. The third-order valence-corrected chi connectivity index (χ3v) is 3.39. The zero-order valence-corrected chi connectivity index (χ0v) is 12.8. The van der Waals surface area contributed by atoms with Crippen molar-refractivity contribution in [2.45, 2.75) is 6.92 Å². The summed E-state index contributed by atoms with van der Waals surface area (Å²) < 4.78 is 4.89. The topological polar surface area (TPSA) is 111 Å². The second kappa shape index (κ2) is 5.69. The lowest BCUT2D eigenvalue weighted by atomic mass is 10.3. The van der Waals surface area contributed by atoms with Crippen molar-refractivity contribution in [3.05, 3.63) is 50.8 Å². The maximum atomic E-state index is 12.1. The highest BCUT2D eigenvalue weighted by Gasteiger charge is 2.21. The molecule has 1 aliphatic heterocycles. The molecule has 0 saturated carbocycles. The fraction of sp³-hybridized carbons (Fsp3) is 0.154. The van der Waals surface area contributed by atoms with Gasteiger partial charge in [0, 0.05) is 11.1 Å². The van der Waals surface area contributed by atoms with Crippen molar-refractivity contribution in [1.82, 2.24) is 20.3 Å². The van der Waals surface area contributed by atoms with Crippen LogP contribution in [0.4, 0.5) is 5.82 Å². The number of nitrogens with one attached hydrogen (secondary N) is 1. The number of hydrazine groups is 2. The van der Waals surface area contributed by atoms with Crippen LogP contribution in [0.2, 0.25) is 5.02 Å². The summed E-state index contributed by atoms with van der Waals surface area (Å²) in [7, 11) is 0. The van der Waals surface area contributed by atoms with E-state index in [1.165, 1.54) is 22.2 Å². The molecular formula is C13H13ClN6O3. The molecule has 23 heavy (non-hydrogen) atoms. The number of esters is 1. The van der Waals surface area contributed by atoms with Crippen molar-refractivity contribution in [1.29, 1.82) is 0 Å². The van der Waals surface area contributed by atoms with Gasteiger partial charge in [0.1, 0.15) is 5.56 Å². The number of hydrogen-bond acceptors (Lipinski definition) is 7. The van der Waals surface area contributed by atoms with Gasteiger partial charge < -0.3 is 15.7 Å². The van der Waals surface area contributed by atoms with E-state index in [1.54, 1.807) is 25.3 Å². The molecule has 1 aliphatic rings. The second-order valence-electron chi connectivity index (χ2n) is 4.62. The van der Waals surface area contributed by atoms with Crippen LogP contribution in [0.3, 0.4) is 0 Å². The van der Waals surface area contributed by atoms with Crippen molar-refractivity contribution >= 4 is 29.6 Å². The Balaban J connectivity index is 2.02. The lowest BCUT2D eigenvalue weighted by Crippen LogP contribution is -2.59. The molecule has 120 valence electrons. The third-order valence-electron chi connectivity index (χ3n) is 3.15. The van der Waals surface area contributed by atoms with Gasteiger partial charge in [-0.3, -0.25) is 0 Å². The van der Waals surface area contributed by atoms with E-state index in [4.69, 9.17) is 22.1 Å². The van der Waals surface area contributed by atoms with Crippen LogP contribution in [-0.4, -0.2) is 22.5 Å². The van der Waals surface area contributed by atoms with Crippen LogP contribution in [0.15, 0.2) is 24.4 Å². The maximum Gasteiger partial charge on any atom is 0.343 e. The van der Waals surface area contributed by atoms with Crippen LogP contribution in [0.1, 0.15) is 17.3 Å². The van der Waals surface area contributed by atoms with Gasteiger partial charge in [-0.25, -0.2) is 4.79 Å². The number of anilines is 1. The molecule has 0 spiro atoms. The number of rotatable bonds is 3. The van der Waals surface area contributed by atoms with Crippen molar-refractivity contribution in [3.63, 3.8) is 0 Å². The highest BCUT2D eigenvalue weighted by Crippen LogP contribution is 2.12. The molecule has 2 aromatic rings. The van der Waals surface area contributed by atoms with Gasteiger partial charge in [-0.05, 0) is 19.1 Å². The van der Waals surface area contributed by atoms with Crippen LogP contribution in [0.25, 0.3) is 6.20 Å². The Kier molecular flexibility index (Phi) is 3.70. The summed E-state index contributed by atoms with van der Waals surface area (Å²) in [4.78, 5) is 13.5. The van der Waals surface area contributed by atoms with E-state index in [-0.39, 0.29) is 18.0 Å². The van der Waals surface area contributed by atoms with Crippen molar-refractivity contribution < 1.29 is 9.53 Å². The van der Waals surface area contributed by atoms with Gasteiger partial charge in [0.05, 0.1) is 24.2 Å². The van der Waals surface area contributed by atoms with E-state index >= 15 is 0 Å². The van der Waals surface area contributed by atoms with Gasteiger partial charge in [-0.15, -0.1) is 9.91 Å². The molecule has 0 aliphatic carbocycles. The average molecular weight is 337 g/mol. The largest absolute Gasteiger partial charge is 0.594 e. The van der Waals surface area contributed by atoms with Gasteiger partial charge in [0.25, 0.3) is 5.36 Å². The SMILES string of the molecule is CCOC(=O)c1cnn(N2C=c3ccc(Cl)cc3=[N+]([O-])N2)c1N. The fourth-order valence-electron chi connectivity index (χ4n) is 2.09. The minimum absolute atomic E-state index is 0.0398. The lowest BCUT2D eigenvalue weighted by molar-refractivity contribution is 0.0527. The first-order valence-corrected chi connectivity index (χ1v) is 7.07. The van der Waals surface area contributed by atoms with Crippen molar-refractivity contribution in [3.8, 4) is 0 Å². The number of hydrogen-bond donors (Lipinski definition) is 2. The van der Waals surface area contributed by atoms with Crippen molar-refractivity contribution in [2.75, 3.05) is 17.5 Å². The number of carbonyl (C=O) groups excluding carboxylic acids is 1. The number of nitrogens with two attached hydrogens (primary N) is 1. The van der Waals surface area contributed by atoms with Crippen molar-refractivity contribution in [2.24, 2.45) is 0 Å². The number of halogens is 1. The summed E-state index contributed by atoms with van der Waals surface area (Å²) >= 11 is 5.88. The number of nitrogens with zero attached hydrogens (tertiary/aromatic N) is 4. The molecule has 0 radical (unpaired) electrons. The second-order valence-corrected chi connectivity index (χ2v) is 5.06. The molecule has 3 N–H and O–H groups in total. The summed E-state index contributed by atoms with van der Waals surface area (Å²) in [6.07, 6.45) is 2.87. The molecular weight excluding hydrogens is 324 g/mol. The van der Waals surface area contributed by atoms with Gasteiger partial charge >= 0.3 is 5.97 Å². The summed E-state index contributed by atoms with van der Waals surface area (Å²) in [5.41, 5.74) is 8.53. The van der Waals surface area contributed by atoms with Crippen LogP contribution >= 0.6 is 11.6 Å². The molecule has 0 fully saturated rings. The van der Waals surface area contributed by atoms with E-state index in [0.717, 1.165) is 0 Å². The number of nitrogen functional groups attached to an aromatic ring is 1. The molecule has 0 amide bonds. The highest BCUT2D eigenvalue weighted by molar-refractivity contribution is 6.30. The minimum Gasteiger partial charge on any atom is -0.594 e. The first kappa shape index (κ1) is 15.0. The standard InChI is InChI=1S/C13H13ClN6O3/c1-2-23-13(21)10-6-16-19(12(10)15)18-7-8-3-4-9(14)5-11(8)20(22)17-18/h3-7,17H,2,15H2,1H3. The molecule has 0 bridgehead atoms. The summed E-state index contributed by atoms with van der Waals surface area (Å²) in [6, 6.07) is 4.87. The van der Waals surface area contributed by atoms with E-state index in [2.05, 4.69) is 10.6 Å². The number of fused-ring (bicyclic) bond motifs is 1. The van der Waals surface area contributed by atoms with E-state index in [9.17, 15) is 10.0 Å². The average Bonchev–Trinajstić information content (AvgIpc) is 2.90. The van der Waals surface area contributed by atoms with Gasteiger partial charge in [0.2, 0.25) is 0 Å². The number of carbonyl (C=O) groups is 1. The van der Waals surface area contributed by atoms with E-state index in [0.29, 0.717) is 20.4 Å². The Bertz CT molecular complexity index is 894. The Morgan fingerprint density at radius 2 is 2.35 bits per heavy atom. The predicted molar refractivity (Wildman–Crippen MR) is 83.7 cm³/mol. The smallest absolute Gasteiger partial charge is 0.343 e. The van der Waals surface area contributed by atoms with Crippen LogP contribution < -0.4 is 31.8 Å². The first-order valence-electron chi connectivity index (χ1n) is 6.69. The minimum atomic E-state index is -0.584. The van der Waals surface area contributed by atoms with Gasteiger partial charge in [-0.1, -0.05) is 22.0 Å². The highest BCUT2D eigenvalue weighted by atomic mass is 35.5. The Labute approximate surface area is 135 Å².